The van der Waals surface area contributed by atoms with Gasteiger partial charge in [-0.2, -0.15) is 0 Å². The lowest BCUT2D eigenvalue weighted by atomic mass is 10.1. The first-order valence-corrected chi connectivity index (χ1v) is 5.61. The molecule has 0 aliphatic rings. The van der Waals surface area contributed by atoms with Gasteiger partial charge in [0.05, 0.1) is 11.3 Å². The van der Waals surface area contributed by atoms with Crippen LogP contribution in [0.2, 0.25) is 5.15 Å². The van der Waals surface area contributed by atoms with Gasteiger partial charge in [0.2, 0.25) is 0 Å². The fourth-order valence-electron chi connectivity index (χ4n) is 1.34. The lowest BCUT2D eigenvalue weighted by Crippen LogP contribution is -1.95. The molecule has 0 aliphatic carbocycles. The third kappa shape index (κ3) is 2.13. The van der Waals surface area contributed by atoms with Gasteiger partial charge in [0.15, 0.2) is 6.29 Å². The Bertz CT molecular complexity index is 545. The lowest BCUT2D eigenvalue weighted by molar-refractivity contribution is 0.112. The predicted octanol–water partition coefficient (Wildman–Crippen LogP) is 3.37. The van der Waals surface area contributed by atoms with E-state index in [2.05, 4.69) is 25.9 Å². The van der Waals surface area contributed by atoms with Crippen molar-refractivity contribution in [2.45, 2.75) is 0 Å². The van der Waals surface area contributed by atoms with Gasteiger partial charge in [0.1, 0.15) is 11.5 Å². The highest BCUT2D eigenvalue weighted by Gasteiger charge is 2.10. The second kappa shape index (κ2) is 4.72. The van der Waals surface area contributed by atoms with Crippen LogP contribution in [0, 0.1) is 0 Å². The quantitative estimate of drug-likeness (QED) is 0.630. The van der Waals surface area contributed by atoms with Crippen molar-refractivity contribution in [2.24, 2.45) is 0 Å². The Labute approximate surface area is 106 Å². The molecule has 0 saturated carbocycles. The molecular weight excluding hydrogens is 291 g/mol. The molecule has 0 N–H and O–H groups in total. The van der Waals surface area contributed by atoms with Crippen molar-refractivity contribution in [2.75, 3.05) is 0 Å². The first-order chi connectivity index (χ1) is 7.72. The average Bonchev–Trinajstić information content (AvgIpc) is 2.28. The Morgan fingerprint density at radius 3 is 2.81 bits per heavy atom. The highest BCUT2D eigenvalue weighted by atomic mass is 79.9. The van der Waals surface area contributed by atoms with Crippen LogP contribution in [0.4, 0.5) is 0 Å². The van der Waals surface area contributed by atoms with Crippen LogP contribution in [0.1, 0.15) is 10.4 Å². The van der Waals surface area contributed by atoms with Gasteiger partial charge in [0, 0.05) is 10.0 Å². The van der Waals surface area contributed by atoms with Crippen LogP contribution in [0.25, 0.3) is 11.3 Å². The van der Waals surface area contributed by atoms with E-state index >= 15 is 0 Å². The van der Waals surface area contributed by atoms with E-state index in [4.69, 9.17) is 11.6 Å². The smallest absolute Gasteiger partial charge is 0.155 e. The fourth-order valence-corrected chi connectivity index (χ4v) is 1.92. The largest absolute Gasteiger partial charge is 0.298 e. The second-order valence-electron chi connectivity index (χ2n) is 3.05. The zero-order chi connectivity index (χ0) is 11.5. The van der Waals surface area contributed by atoms with Crippen LogP contribution in [0.15, 0.2) is 35.1 Å². The van der Waals surface area contributed by atoms with Gasteiger partial charge in [-0.05, 0) is 12.1 Å². The molecule has 0 unspecified atom stereocenters. The zero-order valence-corrected chi connectivity index (χ0v) is 10.4. The summed E-state index contributed by atoms with van der Waals surface area (Å²) in [5, 5.41) is 0.167. The maximum absolute atomic E-state index is 10.9. The number of nitrogens with zero attached hydrogens (tertiary/aromatic N) is 2. The normalized spacial score (nSPS) is 10.1. The summed E-state index contributed by atoms with van der Waals surface area (Å²) in [6.07, 6.45) is 2.00. The minimum Gasteiger partial charge on any atom is -0.298 e. The highest BCUT2D eigenvalue weighted by Crippen LogP contribution is 2.26. The van der Waals surface area contributed by atoms with Gasteiger partial charge in [-0.1, -0.05) is 39.7 Å². The van der Waals surface area contributed by atoms with Crippen LogP contribution < -0.4 is 0 Å². The number of carbonyl (C=O) groups excluding carboxylic acids is 1. The van der Waals surface area contributed by atoms with Gasteiger partial charge in [-0.3, -0.25) is 4.79 Å². The number of aromatic nitrogens is 2. The van der Waals surface area contributed by atoms with Crippen LogP contribution in [-0.4, -0.2) is 16.3 Å². The maximum atomic E-state index is 10.9. The number of aldehydes is 1. The summed E-state index contributed by atoms with van der Waals surface area (Å²) in [6.45, 7) is 0. The number of carbonyl (C=O) groups is 1. The van der Waals surface area contributed by atoms with Crippen molar-refractivity contribution in [1.82, 2.24) is 9.97 Å². The lowest BCUT2D eigenvalue weighted by Gasteiger charge is -2.04. The molecular formula is C11H6BrClN2O. The van der Waals surface area contributed by atoms with E-state index in [0.29, 0.717) is 17.5 Å². The Balaban J connectivity index is 2.64. The molecule has 0 amide bonds. The van der Waals surface area contributed by atoms with E-state index < -0.39 is 0 Å². The SMILES string of the molecule is O=Cc1c(Cl)ncnc1-c1cccc(Br)c1. The third-order valence-electron chi connectivity index (χ3n) is 2.05. The minimum atomic E-state index is 0.167. The first-order valence-electron chi connectivity index (χ1n) is 4.44. The van der Waals surface area contributed by atoms with E-state index in [-0.39, 0.29) is 5.15 Å². The average molecular weight is 298 g/mol. The number of halogens is 2. The maximum Gasteiger partial charge on any atom is 0.155 e. The monoisotopic (exact) mass is 296 g/mol. The Hall–Kier alpha value is -1.26. The topological polar surface area (TPSA) is 42.9 Å². The molecule has 3 nitrogen and oxygen atoms in total. The Morgan fingerprint density at radius 2 is 2.12 bits per heavy atom. The van der Waals surface area contributed by atoms with Gasteiger partial charge >= 0.3 is 0 Å². The van der Waals surface area contributed by atoms with E-state index in [1.807, 2.05) is 24.3 Å². The zero-order valence-electron chi connectivity index (χ0n) is 8.02. The molecule has 80 valence electrons. The molecule has 2 rings (SSSR count). The third-order valence-corrected chi connectivity index (χ3v) is 2.85. The van der Waals surface area contributed by atoms with Gasteiger partial charge in [-0.25, -0.2) is 9.97 Å². The molecule has 0 bridgehead atoms. The highest BCUT2D eigenvalue weighted by molar-refractivity contribution is 9.10. The Morgan fingerprint density at radius 1 is 1.31 bits per heavy atom. The summed E-state index contributed by atoms with van der Waals surface area (Å²) < 4.78 is 0.914. The van der Waals surface area contributed by atoms with Crippen molar-refractivity contribution >= 4 is 33.8 Å². The van der Waals surface area contributed by atoms with Crippen LogP contribution in [-0.2, 0) is 0 Å². The Kier molecular flexibility index (Phi) is 3.31. The molecule has 0 aliphatic heterocycles. The number of hydrogen-bond donors (Lipinski definition) is 0. The van der Waals surface area contributed by atoms with Crippen molar-refractivity contribution < 1.29 is 4.79 Å². The second-order valence-corrected chi connectivity index (χ2v) is 4.33. The molecule has 0 spiro atoms. The standard InChI is InChI=1S/C11H6BrClN2O/c12-8-3-1-2-7(4-8)10-9(5-16)11(13)15-6-14-10/h1-6H. The molecule has 0 fully saturated rings. The molecule has 16 heavy (non-hydrogen) atoms. The summed E-state index contributed by atoms with van der Waals surface area (Å²) in [4.78, 5) is 18.8. The van der Waals surface area contributed by atoms with Crippen LogP contribution in [0.5, 0.6) is 0 Å². The molecule has 1 aromatic carbocycles. The molecule has 0 radical (unpaired) electrons. The van der Waals surface area contributed by atoms with Crippen LogP contribution >= 0.6 is 27.5 Å². The molecule has 0 saturated heterocycles. The predicted molar refractivity (Wildman–Crippen MR) is 65.6 cm³/mol. The summed E-state index contributed by atoms with van der Waals surface area (Å²) >= 11 is 9.18. The van der Waals surface area contributed by atoms with Gasteiger partial charge in [0.25, 0.3) is 0 Å². The summed E-state index contributed by atoms with van der Waals surface area (Å²) in [5.74, 6) is 0. The van der Waals surface area contributed by atoms with Crippen molar-refractivity contribution in [1.29, 1.82) is 0 Å². The summed E-state index contributed by atoms with van der Waals surface area (Å²) in [6, 6.07) is 7.49. The summed E-state index contributed by atoms with van der Waals surface area (Å²) in [5.41, 5.74) is 1.67. The molecule has 0 atom stereocenters. The first kappa shape index (κ1) is 11.2. The minimum absolute atomic E-state index is 0.167. The van der Waals surface area contributed by atoms with Crippen molar-refractivity contribution in [3.63, 3.8) is 0 Å². The van der Waals surface area contributed by atoms with E-state index in [1.54, 1.807) is 0 Å². The van der Waals surface area contributed by atoms with Gasteiger partial charge in [-0.15, -0.1) is 0 Å². The van der Waals surface area contributed by atoms with E-state index in [9.17, 15) is 4.79 Å². The van der Waals surface area contributed by atoms with Gasteiger partial charge < -0.3 is 0 Å². The fraction of sp³-hybridized carbons (Fsp3) is 0. The molecule has 5 heteroatoms. The van der Waals surface area contributed by atoms with E-state index in [0.717, 1.165) is 10.0 Å². The molecule has 2 aromatic rings. The van der Waals surface area contributed by atoms with Crippen LogP contribution in [0.3, 0.4) is 0 Å². The van der Waals surface area contributed by atoms with Crippen molar-refractivity contribution in [3.8, 4) is 11.3 Å². The summed E-state index contributed by atoms with van der Waals surface area (Å²) in [7, 11) is 0. The number of benzene rings is 1. The molecule has 1 aromatic heterocycles. The molecule has 1 heterocycles. The number of rotatable bonds is 2. The number of hydrogen-bond acceptors (Lipinski definition) is 3. The van der Waals surface area contributed by atoms with Crippen molar-refractivity contribution in [3.05, 3.63) is 45.8 Å². The van der Waals surface area contributed by atoms with E-state index in [1.165, 1.54) is 6.33 Å².